The van der Waals surface area contributed by atoms with E-state index in [1.54, 1.807) is 12.1 Å². The van der Waals surface area contributed by atoms with Gasteiger partial charge in [-0.3, -0.25) is 4.57 Å². The molecule has 1 aliphatic heterocycles. The Hall–Kier alpha value is -5.55. The van der Waals surface area contributed by atoms with Crippen LogP contribution in [0, 0.1) is 6.85 Å². The molecule has 5 nitrogen and oxygen atoms in total. The number of pyridine rings is 1. The van der Waals surface area contributed by atoms with Crippen LogP contribution in [-0.2, 0) is 16.2 Å². The summed E-state index contributed by atoms with van der Waals surface area (Å²) in [6, 6.07) is 39.7. The number of anilines is 4. The molecule has 1 aliphatic rings. The molecule has 0 amide bonds. The maximum atomic E-state index is 8.15. The molecular formula is C49H52N4O. The van der Waals surface area contributed by atoms with Crippen LogP contribution in [0.15, 0.2) is 121 Å². The van der Waals surface area contributed by atoms with E-state index in [1.807, 2.05) is 42.6 Å². The van der Waals surface area contributed by atoms with E-state index >= 15 is 0 Å². The first kappa shape index (κ1) is 31.9. The number of hydrogen-bond acceptors (Lipinski definition) is 4. The average molecular weight is 716 g/mol. The van der Waals surface area contributed by atoms with E-state index in [-0.39, 0.29) is 21.8 Å². The molecule has 8 rings (SSSR count). The Labute approximate surface area is 325 Å². The fourth-order valence-electron chi connectivity index (χ4n) is 7.48. The minimum atomic E-state index is -2.24. The monoisotopic (exact) mass is 715 g/mol. The van der Waals surface area contributed by atoms with Crippen molar-refractivity contribution in [2.24, 2.45) is 0 Å². The van der Waals surface area contributed by atoms with Gasteiger partial charge < -0.3 is 14.5 Å². The number of nitrogens with zero attached hydrogens (tertiary/aromatic N) is 4. The van der Waals surface area contributed by atoms with Gasteiger partial charge >= 0.3 is 0 Å². The minimum absolute atomic E-state index is 0.00511. The van der Waals surface area contributed by atoms with Crippen molar-refractivity contribution < 1.29 is 8.85 Å². The predicted molar refractivity (Wildman–Crippen MR) is 228 cm³/mol. The minimum Gasteiger partial charge on any atom is -0.457 e. The highest BCUT2D eigenvalue weighted by Gasteiger charge is 2.31. The lowest BCUT2D eigenvalue weighted by molar-refractivity contribution is 0.483. The number of ether oxygens (including phenoxy) is 1. The summed E-state index contributed by atoms with van der Waals surface area (Å²) in [5.74, 6) is 2.11. The summed E-state index contributed by atoms with van der Waals surface area (Å²) < 4.78 is 33.2. The molecule has 54 heavy (non-hydrogen) atoms. The van der Waals surface area contributed by atoms with Crippen molar-refractivity contribution in [1.82, 2.24) is 9.55 Å². The highest BCUT2D eigenvalue weighted by atomic mass is 16.5. The van der Waals surface area contributed by atoms with Crippen LogP contribution in [0.3, 0.4) is 0 Å². The van der Waals surface area contributed by atoms with Crippen molar-refractivity contribution in [2.75, 3.05) is 16.5 Å². The number of fused-ring (bicyclic) bond motifs is 4. The molecular weight excluding hydrogens is 661 g/mol. The highest BCUT2D eigenvalue weighted by Crippen LogP contribution is 2.47. The Morgan fingerprint density at radius 2 is 1.17 bits per heavy atom. The van der Waals surface area contributed by atoms with Gasteiger partial charge in [-0.15, -0.1) is 0 Å². The van der Waals surface area contributed by atoms with Crippen LogP contribution in [0.1, 0.15) is 88.7 Å². The van der Waals surface area contributed by atoms with Gasteiger partial charge in [0.1, 0.15) is 24.0 Å². The van der Waals surface area contributed by atoms with E-state index in [4.69, 9.17) is 13.8 Å². The fraction of sp³-hybridized carbons (Fsp3) is 0.286. The summed E-state index contributed by atoms with van der Waals surface area (Å²) in [7, 11) is 0. The van der Waals surface area contributed by atoms with Crippen molar-refractivity contribution in [2.45, 2.75) is 85.4 Å². The summed E-state index contributed by atoms with van der Waals surface area (Å²) in [5, 5.41) is 1.94. The molecule has 0 radical (unpaired) electrons. The van der Waals surface area contributed by atoms with Gasteiger partial charge in [-0.2, -0.15) is 0 Å². The second kappa shape index (κ2) is 12.8. The molecule has 3 heterocycles. The van der Waals surface area contributed by atoms with Crippen LogP contribution in [0.5, 0.6) is 11.5 Å². The number of aryl methyl sites for hydroxylation is 1. The van der Waals surface area contributed by atoms with Gasteiger partial charge in [-0.25, -0.2) is 4.98 Å². The normalized spacial score (nSPS) is 14.6. The molecule has 5 heteroatoms. The Morgan fingerprint density at radius 3 is 1.89 bits per heavy atom. The summed E-state index contributed by atoms with van der Waals surface area (Å²) in [6.07, 6.45) is 1.83. The summed E-state index contributed by atoms with van der Waals surface area (Å²) >= 11 is 0. The van der Waals surface area contributed by atoms with Gasteiger partial charge in [0.2, 0.25) is 0 Å². The second-order valence-corrected chi connectivity index (χ2v) is 17.7. The standard InChI is InChI=1S/C49H52N4O/c1-32-17-20-40-41-21-19-39(30-44(41)53(43(40)25-32)46-28-35(23-24-50-46)49(8,9)10)54-38-16-12-15-37(29-38)51-31-52(36-14-11-13-33(26-36)47(2,3)4)45-27-34(48(5,6)7)18-22-42(45)51/h11-30H,31H2,1-10H3/i1D3. The molecule has 7 aromatic rings. The summed E-state index contributed by atoms with van der Waals surface area (Å²) in [6.45, 7) is 18.5. The van der Waals surface area contributed by atoms with Gasteiger partial charge in [-0.05, 0) is 112 Å². The van der Waals surface area contributed by atoms with Gasteiger partial charge in [0.05, 0.1) is 22.4 Å². The first-order valence-electron chi connectivity index (χ1n) is 20.4. The van der Waals surface area contributed by atoms with Gasteiger partial charge in [-0.1, -0.05) is 98.7 Å². The first-order valence-corrected chi connectivity index (χ1v) is 18.9. The maximum absolute atomic E-state index is 8.15. The predicted octanol–water partition coefficient (Wildman–Crippen LogP) is 13.4. The molecule has 0 fully saturated rings. The second-order valence-electron chi connectivity index (χ2n) is 17.7. The van der Waals surface area contributed by atoms with Crippen LogP contribution in [0.25, 0.3) is 27.6 Å². The molecule has 0 N–H and O–H groups in total. The number of aromatic nitrogens is 2. The Balaban J connectivity index is 1.19. The average Bonchev–Trinajstić information content (AvgIpc) is 3.69. The van der Waals surface area contributed by atoms with E-state index in [9.17, 15) is 0 Å². The maximum Gasteiger partial charge on any atom is 0.137 e. The largest absolute Gasteiger partial charge is 0.457 e. The summed E-state index contributed by atoms with van der Waals surface area (Å²) in [5.41, 5.74) is 10.2. The van der Waals surface area contributed by atoms with Crippen molar-refractivity contribution >= 4 is 44.6 Å². The smallest absolute Gasteiger partial charge is 0.137 e. The third kappa shape index (κ3) is 6.51. The van der Waals surface area contributed by atoms with Crippen LogP contribution in [0.2, 0.25) is 0 Å². The van der Waals surface area contributed by atoms with E-state index in [1.165, 1.54) is 22.5 Å². The van der Waals surface area contributed by atoms with E-state index in [2.05, 4.69) is 143 Å². The molecule has 0 aliphatic carbocycles. The van der Waals surface area contributed by atoms with Crippen LogP contribution in [0.4, 0.5) is 22.7 Å². The van der Waals surface area contributed by atoms with Crippen LogP contribution >= 0.6 is 0 Å². The first-order chi connectivity index (χ1) is 26.8. The quantitative estimate of drug-likeness (QED) is 0.178. The zero-order valence-electron chi connectivity index (χ0n) is 36.0. The van der Waals surface area contributed by atoms with E-state index in [0.29, 0.717) is 18.2 Å². The zero-order chi connectivity index (χ0) is 40.7. The Morgan fingerprint density at radius 1 is 0.556 bits per heavy atom. The van der Waals surface area contributed by atoms with Crippen molar-refractivity contribution in [1.29, 1.82) is 0 Å². The lowest BCUT2D eigenvalue weighted by atomic mass is 9.86. The molecule has 0 saturated carbocycles. The molecule has 0 saturated heterocycles. The molecule has 2 aromatic heterocycles. The van der Waals surface area contributed by atoms with Crippen LogP contribution in [-0.4, -0.2) is 16.2 Å². The third-order valence-electron chi connectivity index (χ3n) is 10.7. The molecule has 0 spiro atoms. The van der Waals surface area contributed by atoms with Crippen molar-refractivity contribution in [3.05, 3.63) is 144 Å². The van der Waals surface area contributed by atoms with Crippen molar-refractivity contribution in [3.8, 4) is 17.3 Å². The van der Waals surface area contributed by atoms with E-state index < -0.39 is 6.85 Å². The number of benzene rings is 5. The molecule has 0 unspecified atom stereocenters. The highest BCUT2D eigenvalue weighted by molar-refractivity contribution is 6.09. The lowest BCUT2D eigenvalue weighted by Crippen LogP contribution is -2.24. The molecule has 0 bridgehead atoms. The Kier molecular flexibility index (Phi) is 7.57. The third-order valence-corrected chi connectivity index (χ3v) is 10.7. The van der Waals surface area contributed by atoms with Gasteiger partial charge in [0, 0.05) is 44.6 Å². The number of hydrogen-bond donors (Lipinski definition) is 0. The summed E-state index contributed by atoms with van der Waals surface area (Å²) in [4.78, 5) is 9.58. The zero-order valence-corrected chi connectivity index (χ0v) is 33.0. The number of rotatable bonds is 5. The molecule has 274 valence electrons. The molecule has 0 atom stereocenters. The SMILES string of the molecule is [2H]C([2H])([2H])c1ccc2c3ccc(Oc4cccc(N5CN(c6cccc(C(C)(C)C)c6)c6cc(C(C)(C)C)ccc65)c4)cc3n(-c3cc(C(C)(C)C)ccn3)c2c1. The van der Waals surface area contributed by atoms with E-state index in [0.717, 1.165) is 44.6 Å². The Bertz CT molecular complexity index is 2650. The van der Waals surface area contributed by atoms with Crippen LogP contribution < -0.4 is 14.5 Å². The molecule has 5 aromatic carbocycles. The van der Waals surface area contributed by atoms with Crippen molar-refractivity contribution in [3.63, 3.8) is 0 Å². The fourth-order valence-corrected chi connectivity index (χ4v) is 7.48. The van der Waals surface area contributed by atoms with Gasteiger partial charge in [0.25, 0.3) is 0 Å². The van der Waals surface area contributed by atoms with Gasteiger partial charge in [0.15, 0.2) is 0 Å². The lowest BCUT2D eigenvalue weighted by Gasteiger charge is -2.26. The topological polar surface area (TPSA) is 33.5 Å².